The highest BCUT2D eigenvalue weighted by Gasteiger charge is 2.45. The van der Waals surface area contributed by atoms with Crippen molar-refractivity contribution in [3.63, 3.8) is 0 Å². The molecule has 2 fully saturated rings. The second kappa shape index (κ2) is 6.05. The van der Waals surface area contributed by atoms with E-state index in [1.165, 1.54) is 17.7 Å². The molecule has 1 aromatic rings. The molecule has 0 amide bonds. The number of aliphatic hydroxyl groups excluding tert-OH is 1. The maximum Gasteiger partial charge on any atom is 0.0598 e. The molecule has 4 atom stereocenters. The summed E-state index contributed by atoms with van der Waals surface area (Å²) in [4.78, 5) is 3.98. The molecule has 0 spiro atoms. The molecule has 0 aliphatic carbocycles. The number of hydrogen-bond acceptors (Lipinski definition) is 4. The van der Waals surface area contributed by atoms with E-state index in [0.717, 1.165) is 23.7 Å². The van der Waals surface area contributed by atoms with Gasteiger partial charge in [0, 0.05) is 32.9 Å². The third-order valence-electron chi connectivity index (χ3n) is 4.84. The molecule has 2 aliphatic heterocycles. The van der Waals surface area contributed by atoms with Crippen molar-refractivity contribution < 1.29 is 5.11 Å². The third-order valence-corrected chi connectivity index (χ3v) is 6.61. The van der Waals surface area contributed by atoms with Crippen molar-refractivity contribution in [1.82, 2.24) is 4.90 Å². The minimum Gasteiger partial charge on any atom is -0.393 e. The van der Waals surface area contributed by atoms with Crippen molar-refractivity contribution in [3.8, 4) is 0 Å². The summed E-state index contributed by atoms with van der Waals surface area (Å²) in [5.41, 5.74) is 6.46. The van der Waals surface area contributed by atoms with Gasteiger partial charge in [-0.2, -0.15) is 0 Å². The second-order valence-electron chi connectivity index (χ2n) is 6.14. The highest BCUT2D eigenvalue weighted by atomic mass is 79.9. The fourth-order valence-corrected chi connectivity index (χ4v) is 5.55. The molecule has 0 saturated carbocycles. The molecule has 0 radical (unpaired) electrons. The molecule has 3 heterocycles. The molecule has 2 saturated heterocycles. The van der Waals surface area contributed by atoms with Crippen LogP contribution in [0.15, 0.2) is 15.9 Å². The van der Waals surface area contributed by atoms with Gasteiger partial charge >= 0.3 is 0 Å². The largest absolute Gasteiger partial charge is 0.393 e. The normalized spacial score (nSPS) is 33.3. The summed E-state index contributed by atoms with van der Waals surface area (Å²) < 4.78 is 1.15. The molecule has 112 valence electrons. The number of piperidine rings is 1. The molecule has 1 aromatic heterocycles. The molecule has 20 heavy (non-hydrogen) atoms. The van der Waals surface area contributed by atoms with E-state index in [1.54, 1.807) is 11.3 Å². The number of halogens is 1. The van der Waals surface area contributed by atoms with E-state index in [4.69, 9.17) is 5.73 Å². The van der Waals surface area contributed by atoms with Crippen molar-refractivity contribution >= 4 is 27.3 Å². The predicted octanol–water partition coefficient (Wildman–Crippen LogP) is 3.28. The molecule has 3 nitrogen and oxygen atoms in total. The number of hydrogen-bond donors (Lipinski definition) is 2. The van der Waals surface area contributed by atoms with Gasteiger partial charge in [0.15, 0.2) is 0 Å². The third kappa shape index (κ3) is 2.71. The first kappa shape index (κ1) is 15.0. The Morgan fingerprint density at radius 3 is 2.60 bits per heavy atom. The summed E-state index contributed by atoms with van der Waals surface area (Å²) in [5.74, 6) is 0. The molecule has 0 aromatic carbocycles. The summed E-state index contributed by atoms with van der Waals surface area (Å²) in [6.45, 7) is 2.17. The summed E-state index contributed by atoms with van der Waals surface area (Å²) >= 11 is 5.36. The Labute approximate surface area is 133 Å². The number of thiophene rings is 1. The van der Waals surface area contributed by atoms with E-state index in [9.17, 15) is 5.11 Å². The molecule has 3 N–H and O–H groups in total. The molecular weight excluding hydrogens is 336 g/mol. The van der Waals surface area contributed by atoms with Crippen LogP contribution in [0.3, 0.4) is 0 Å². The molecule has 4 unspecified atom stereocenters. The lowest BCUT2D eigenvalue weighted by atomic mass is 9.93. The van der Waals surface area contributed by atoms with Gasteiger partial charge in [0.2, 0.25) is 0 Å². The zero-order valence-electron chi connectivity index (χ0n) is 11.8. The fraction of sp³-hybridized carbons (Fsp3) is 0.733. The number of nitrogens with two attached hydrogens (primary N) is 1. The van der Waals surface area contributed by atoms with Crippen molar-refractivity contribution in [2.75, 3.05) is 0 Å². The quantitative estimate of drug-likeness (QED) is 0.868. The molecule has 2 bridgehead atoms. The van der Waals surface area contributed by atoms with E-state index in [0.29, 0.717) is 18.1 Å². The van der Waals surface area contributed by atoms with Crippen LogP contribution in [0.1, 0.15) is 49.9 Å². The van der Waals surface area contributed by atoms with Crippen LogP contribution in [0.25, 0.3) is 0 Å². The van der Waals surface area contributed by atoms with Gasteiger partial charge in [0.1, 0.15) is 0 Å². The summed E-state index contributed by atoms with van der Waals surface area (Å²) in [7, 11) is 0. The Hall–Kier alpha value is 0.0600. The zero-order chi connectivity index (χ0) is 14.3. The fourth-order valence-electron chi connectivity index (χ4n) is 3.92. The average molecular weight is 359 g/mol. The predicted molar refractivity (Wildman–Crippen MR) is 86.9 cm³/mol. The molecule has 2 aliphatic rings. The number of nitrogens with zero attached hydrogens (tertiary/aromatic N) is 1. The van der Waals surface area contributed by atoms with Gasteiger partial charge in [0.25, 0.3) is 0 Å². The van der Waals surface area contributed by atoms with Crippen LogP contribution >= 0.6 is 27.3 Å². The van der Waals surface area contributed by atoms with Crippen molar-refractivity contribution in [2.45, 2.75) is 69.3 Å². The standard InChI is InChI=1S/C15H23BrN2OS/c1-2-13(17)15(14-5-9(16)8-20-14)18-10-3-4-11(18)7-12(19)6-10/h5,8,10-13,15,19H,2-4,6-7,17H2,1H3. The van der Waals surface area contributed by atoms with Gasteiger partial charge in [-0.05, 0) is 54.1 Å². The number of aliphatic hydroxyl groups is 1. The summed E-state index contributed by atoms with van der Waals surface area (Å²) in [6, 6.07) is 3.70. The minimum atomic E-state index is -0.114. The maximum atomic E-state index is 10.00. The summed E-state index contributed by atoms with van der Waals surface area (Å²) in [6.07, 6.45) is 5.12. The average Bonchev–Trinajstić information content (AvgIpc) is 2.93. The van der Waals surface area contributed by atoms with E-state index < -0.39 is 0 Å². The topological polar surface area (TPSA) is 49.5 Å². The Morgan fingerprint density at radius 2 is 2.10 bits per heavy atom. The highest BCUT2D eigenvalue weighted by molar-refractivity contribution is 9.10. The Bertz CT molecular complexity index is 452. The SMILES string of the molecule is CCC(N)C(c1cc(Br)cs1)N1C2CCC1CC(O)C2. The lowest BCUT2D eigenvalue weighted by molar-refractivity contribution is 0.00327. The lowest BCUT2D eigenvalue weighted by Gasteiger charge is -2.44. The first-order valence-corrected chi connectivity index (χ1v) is 9.22. The van der Waals surface area contributed by atoms with Crippen LogP contribution in [0, 0.1) is 0 Å². The number of rotatable bonds is 4. The lowest BCUT2D eigenvalue weighted by Crippen LogP contribution is -2.51. The second-order valence-corrected chi connectivity index (χ2v) is 8.00. The first-order chi connectivity index (χ1) is 9.60. The van der Waals surface area contributed by atoms with Gasteiger partial charge in [-0.15, -0.1) is 11.3 Å². The van der Waals surface area contributed by atoms with Crippen LogP contribution in [-0.2, 0) is 0 Å². The van der Waals surface area contributed by atoms with E-state index >= 15 is 0 Å². The van der Waals surface area contributed by atoms with Gasteiger partial charge in [-0.25, -0.2) is 0 Å². The van der Waals surface area contributed by atoms with Gasteiger partial charge in [0.05, 0.1) is 12.1 Å². The van der Waals surface area contributed by atoms with Crippen LogP contribution in [0.5, 0.6) is 0 Å². The Kier molecular flexibility index (Phi) is 4.53. The van der Waals surface area contributed by atoms with E-state index in [-0.39, 0.29) is 12.1 Å². The Balaban J connectivity index is 1.90. The highest BCUT2D eigenvalue weighted by Crippen LogP contribution is 2.44. The van der Waals surface area contributed by atoms with E-state index in [2.05, 4.69) is 39.2 Å². The van der Waals surface area contributed by atoms with Crippen LogP contribution in [0.2, 0.25) is 0 Å². The van der Waals surface area contributed by atoms with Crippen LogP contribution in [0.4, 0.5) is 0 Å². The van der Waals surface area contributed by atoms with Gasteiger partial charge < -0.3 is 10.8 Å². The summed E-state index contributed by atoms with van der Waals surface area (Å²) in [5, 5.41) is 12.1. The minimum absolute atomic E-state index is 0.114. The maximum absolute atomic E-state index is 10.00. The smallest absolute Gasteiger partial charge is 0.0598 e. The van der Waals surface area contributed by atoms with Gasteiger partial charge in [-0.1, -0.05) is 6.92 Å². The van der Waals surface area contributed by atoms with Crippen molar-refractivity contribution in [3.05, 3.63) is 20.8 Å². The molecule has 5 heteroatoms. The van der Waals surface area contributed by atoms with Crippen molar-refractivity contribution in [2.24, 2.45) is 5.73 Å². The van der Waals surface area contributed by atoms with E-state index in [1.807, 2.05) is 0 Å². The first-order valence-electron chi connectivity index (χ1n) is 7.55. The monoisotopic (exact) mass is 358 g/mol. The van der Waals surface area contributed by atoms with Crippen LogP contribution < -0.4 is 5.73 Å². The van der Waals surface area contributed by atoms with Gasteiger partial charge in [-0.3, -0.25) is 4.90 Å². The molecular formula is C15H23BrN2OS. The number of fused-ring (bicyclic) bond motifs is 2. The Morgan fingerprint density at radius 1 is 1.45 bits per heavy atom. The zero-order valence-corrected chi connectivity index (χ0v) is 14.2. The van der Waals surface area contributed by atoms with Crippen molar-refractivity contribution in [1.29, 1.82) is 0 Å². The molecule has 3 rings (SSSR count). The van der Waals surface area contributed by atoms with Crippen LogP contribution in [-0.4, -0.2) is 34.2 Å².